The van der Waals surface area contributed by atoms with Crippen LogP contribution in [0.3, 0.4) is 0 Å². The van der Waals surface area contributed by atoms with Gasteiger partial charge in [0.15, 0.2) is 11.5 Å². The summed E-state index contributed by atoms with van der Waals surface area (Å²) in [6.07, 6.45) is 1.92. The van der Waals surface area contributed by atoms with Crippen molar-refractivity contribution >= 4 is 11.3 Å². The topological polar surface area (TPSA) is 33.4 Å². The Morgan fingerprint density at radius 2 is 1.79 bits per heavy atom. The number of nitrogens with zero attached hydrogens (tertiary/aromatic N) is 4. The summed E-state index contributed by atoms with van der Waals surface area (Å²) in [5.74, 6) is 0.764. The third-order valence-electron chi connectivity index (χ3n) is 3.20. The molecule has 3 aromatic rings. The van der Waals surface area contributed by atoms with Crippen LogP contribution in [0.25, 0.3) is 17.0 Å². The molecule has 0 aliphatic rings. The van der Waals surface area contributed by atoms with E-state index in [4.69, 9.17) is 0 Å². The maximum absolute atomic E-state index is 4.60. The normalized spacial score (nSPS) is 10.9. The number of rotatable bonds is 2. The van der Waals surface area contributed by atoms with Crippen LogP contribution in [0.4, 0.5) is 5.69 Å². The van der Waals surface area contributed by atoms with Gasteiger partial charge >= 0.3 is 0 Å². The number of anilines is 1. The molecule has 0 bridgehead atoms. The molecule has 4 heteroatoms. The van der Waals surface area contributed by atoms with Gasteiger partial charge in [-0.1, -0.05) is 6.07 Å². The van der Waals surface area contributed by atoms with E-state index < -0.39 is 0 Å². The van der Waals surface area contributed by atoms with Crippen molar-refractivity contribution in [2.45, 2.75) is 6.92 Å². The summed E-state index contributed by atoms with van der Waals surface area (Å²) in [5.41, 5.74) is 4.25. The van der Waals surface area contributed by atoms with E-state index >= 15 is 0 Å². The zero-order valence-corrected chi connectivity index (χ0v) is 11.3. The Morgan fingerprint density at radius 3 is 2.42 bits per heavy atom. The first-order chi connectivity index (χ1) is 9.15. The minimum Gasteiger partial charge on any atom is -0.378 e. The Labute approximate surface area is 112 Å². The molecule has 1 aromatic carbocycles. The average molecular weight is 252 g/mol. The first-order valence-corrected chi connectivity index (χ1v) is 6.25. The summed E-state index contributed by atoms with van der Waals surface area (Å²) in [4.78, 5) is 6.67. The van der Waals surface area contributed by atoms with E-state index in [0.29, 0.717) is 0 Å². The van der Waals surface area contributed by atoms with Crippen molar-refractivity contribution in [2.24, 2.45) is 0 Å². The number of hydrogen-bond donors (Lipinski definition) is 0. The number of benzene rings is 1. The minimum absolute atomic E-state index is 0.764. The van der Waals surface area contributed by atoms with Crippen molar-refractivity contribution in [3.63, 3.8) is 0 Å². The van der Waals surface area contributed by atoms with Crippen molar-refractivity contribution in [2.75, 3.05) is 19.0 Å². The Kier molecular flexibility index (Phi) is 2.71. The van der Waals surface area contributed by atoms with Gasteiger partial charge in [0.05, 0.1) is 0 Å². The van der Waals surface area contributed by atoms with Gasteiger partial charge in [-0.25, -0.2) is 9.50 Å². The second-order valence-corrected chi connectivity index (χ2v) is 4.84. The lowest BCUT2D eigenvalue weighted by molar-refractivity contribution is 0.960. The molecular weight excluding hydrogens is 236 g/mol. The Hall–Kier alpha value is -2.36. The molecule has 0 unspecified atom stereocenters. The molecular formula is C15H16N4. The summed E-state index contributed by atoms with van der Waals surface area (Å²) in [6.45, 7) is 2.04. The number of pyridine rings is 1. The molecule has 4 nitrogen and oxygen atoms in total. The van der Waals surface area contributed by atoms with Crippen molar-refractivity contribution in [3.8, 4) is 11.4 Å². The van der Waals surface area contributed by atoms with Gasteiger partial charge < -0.3 is 4.90 Å². The fourth-order valence-electron chi connectivity index (χ4n) is 2.07. The number of aryl methyl sites for hydroxylation is 1. The number of hydrogen-bond acceptors (Lipinski definition) is 3. The van der Waals surface area contributed by atoms with E-state index in [1.54, 1.807) is 0 Å². The van der Waals surface area contributed by atoms with Gasteiger partial charge in [0.25, 0.3) is 0 Å². The van der Waals surface area contributed by atoms with Gasteiger partial charge in [0, 0.05) is 31.5 Å². The van der Waals surface area contributed by atoms with E-state index in [0.717, 1.165) is 22.6 Å². The van der Waals surface area contributed by atoms with Crippen LogP contribution in [0.1, 0.15) is 5.56 Å². The van der Waals surface area contributed by atoms with Gasteiger partial charge in [0.1, 0.15) is 0 Å². The van der Waals surface area contributed by atoms with Crippen LogP contribution in [0.5, 0.6) is 0 Å². The van der Waals surface area contributed by atoms with Crippen LogP contribution >= 0.6 is 0 Å². The molecule has 0 amide bonds. The summed E-state index contributed by atoms with van der Waals surface area (Å²) in [7, 11) is 4.06. The van der Waals surface area contributed by atoms with Crippen molar-refractivity contribution < 1.29 is 0 Å². The van der Waals surface area contributed by atoms with Crippen LogP contribution in [0.15, 0.2) is 42.6 Å². The van der Waals surface area contributed by atoms with E-state index in [2.05, 4.69) is 39.2 Å². The molecule has 0 radical (unpaired) electrons. The molecule has 0 saturated carbocycles. The highest BCUT2D eigenvalue weighted by molar-refractivity contribution is 5.63. The molecule has 0 fully saturated rings. The molecule has 0 saturated heterocycles. The third kappa shape index (κ3) is 2.05. The van der Waals surface area contributed by atoms with Crippen LogP contribution in [0.2, 0.25) is 0 Å². The van der Waals surface area contributed by atoms with Gasteiger partial charge in [-0.05, 0) is 42.8 Å². The number of aromatic nitrogens is 3. The molecule has 19 heavy (non-hydrogen) atoms. The molecule has 0 N–H and O–H groups in total. The van der Waals surface area contributed by atoms with Gasteiger partial charge in [-0.15, -0.1) is 5.10 Å². The van der Waals surface area contributed by atoms with Crippen molar-refractivity contribution in [1.29, 1.82) is 0 Å². The highest BCUT2D eigenvalue weighted by atomic mass is 15.3. The van der Waals surface area contributed by atoms with Crippen molar-refractivity contribution in [3.05, 3.63) is 48.2 Å². The van der Waals surface area contributed by atoms with Crippen LogP contribution in [0, 0.1) is 6.92 Å². The lowest BCUT2D eigenvalue weighted by atomic mass is 10.2. The molecule has 2 heterocycles. The minimum atomic E-state index is 0.764. The van der Waals surface area contributed by atoms with Gasteiger partial charge in [0.2, 0.25) is 0 Å². The summed E-state index contributed by atoms with van der Waals surface area (Å²) in [5, 5.41) is 4.51. The summed E-state index contributed by atoms with van der Waals surface area (Å²) >= 11 is 0. The maximum Gasteiger partial charge on any atom is 0.182 e. The van der Waals surface area contributed by atoms with E-state index in [1.807, 2.05) is 43.9 Å². The standard InChI is InChI=1S/C15H16N4/c1-11-5-4-10-19-15(11)16-14(17-19)12-6-8-13(9-7-12)18(2)3/h4-10H,1-3H3. The highest BCUT2D eigenvalue weighted by Crippen LogP contribution is 2.20. The fourth-order valence-corrected chi connectivity index (χ4v) is 2.07. The molecule has 96 valence electrons. The smallest absolute Gasteiger partial charge is 0.182 e. The zero-order chi connectivity index (χ0) is 13.4. The first-order valence-electron chi connectivity index (χ1n) is 6.25. The van der Waals surface area contributed by atoms with Crippen LogP contribution in [-0.2, 0) is 0 Å². The second-order valence-electron chi connectivity index (χ2n) is 4.84. The van der Waals surface area contributed by atoms with Gasteiger partial charge in [-0.3, -0.25) is 0 Å². The van der Waals surface area contributed by atoms with E-state index in [-0.39, 0.29) is 0 Å². The van der Waals surface area contributed by atoms with Crippen molar-refractivity contribution in [1.82, 2.24) is 14.6 Å². The largest absolute Gasteiger partial charge is 0.378 e. The molecule has 2 aromatic heterocycles. The Bertz CT molecular complexity index is 711. The quantitative estimate of drug-likeness (QED) is 0.703. The summed E-state index contributed by atoms with van der Waals surface area (Å²) < 4.78 is 1.82. The monoisotopic (exact) mass is 252 g/mol. The lowest BCUT2D eigenvalue weighted by Gasteiger charge is -2.11. The summed E-state index contributed by atoms with van der Waals surface area (Å²) in [6, 6.07) is 12.3. The fraction of sp³-hybridized carbons (Fsp3) is 0.200. The number of fused-ring (bicyclic) bond motifs is 1. The zero-order valence-electron chi connectivity index (χ0n) is 11.3. The highest BCUT2D eigenvalue weighted by Gasteiger charge is 2.07. The molecule has 3 rings (SSSR count). The SMILES string of the molecule is Cc1cccn2nc(-c3ccc(N(C)C)cc3)nc12. The Morgan fingerprint density at radius 1 is 1.05 bits per heavy atom. The van der Waals surface area contributed by atoms with Crippen LogP contribution in [-0.4, -0.2) is 28.7 Å². The second kappa shape index (κ2) is 4.39. The lowest BCUT2D eigenvalue weighted by Crippen LogP contribution is -2.07. The van der Waals surface area contributed by atoms with Gasteiger partial charge in [-0.2, -0.15) is 0 Å². The predicted molar refractivity (Wildman–Crippen MR) is 77.5 cm³/mol. The Balaban J connectivity index is 2.06. The van der Waals surface area contributed by atoms with Crippen LogP contribution < -0.4 is 4.90 Å². The average Bonchev–Trinajstić information content (AvgIpc) is 2.84. The molecule has 0 atom stereocenters. The van der Waals surface area contributed by atoms with E-state index in [1.165, 1.54) is 5.69 Å². The maximum atomic E-state index is 4.60. The first kappa shape index (κ1) is 11.7. The predicted octanol–water partition coefficient (Wildman–Crippen LogP) is 2.77. The molecule has 0 aliphatic carbocycles. The molecule has 0 aliphatic heterocycles. The van der Waals surface area contributed by atoms with E-state index in [9.17, 15) is 0 Å². The third-order valence-corrected chi connectivity index (χ3v) is 3.20. The molecule has 0 spiro atoms.